The lowest BCUT2D eigenvalue weighted by Gasteiger charge is -2.33. The molecule has 1 fully saturated rings. The fourth-order valence-electron chi connectivity index (χ4n) is 3.30. The Morgan fingerprint density at radius 3 is 2.40 bits per heavy atom. The summed E-state index contributed by atoms with van der Waals surface area (Å²) in [5.74, 6) is -0.165. The van der Waals surface area contributed by atoms with Crippen LogP contribution in [0.4, 0.5) is 0 Å². The maximum atomic E-state index is 13.0. The molecule has 3 rings (SSSR count). The molecule has 2 aromatic rings. The van der Waals surface area contributed by atoms with Gasteiger partial charge in [0.05, 0.1) is 5.56 Å². The molecule has 4 nitrogen and oxygen atoms in total. The number of hydrogen-bond acceptors (Lipinski definition) is 3. The Balaban J connectivity index is 1.89. The molecule has 1 atom stereocenters. The highest BCUT2D eigenvalue weighted by Crippen LogP contribution is 2.19. The molecule has 130 valence electrons. The first-order valence-corrected chi connectivity index (χ1v) is 8.77. The number of likely N-dealkylation sites (N-methyl/N-ethyl adjacent to an activating group) is 1. The predicted molar refractivity (Wildman–Crippen MR) is 99.0 cm³/mol. The number of likely N-dealkylation sites (tertiary alicyclic amines) is 1. The molecule has 0 aliphatic carbocycles. The number of carbonyl (C=O) groups is 2. The number of benzene rings is 2. The maximum Gasteiger partial charge on any atom is 0.254 e. The minimum Gasteiger partial charge on any atom is -0.337 e. The lowest BCUT2D eigenvalue weighted by Crippen LogP contribution is -2.47. The average Bonchev–Trinajstić information content (AvgIpc) is 2.67. The van der Waals surface area contributed by atoms with Gasteiger partial charge >= 0.3 is 0 Å². The van der Waals surface area contributed by atoms with Gasteiger partial charge in [0.25, 0.3) is 5.91 Å². The van der Waals surface area contributed by atoms with Crippen LogP contribution in [0.3, 0.4) is 0 Å². The highest BCUT2D eigenvalue weighted by molar-refractivity contribution is 6.15. The molecule has 0 radical (unpaired) electrons. The molecule has 0 aromatic heterocycles. The third kappa shape index (κ3) is 3.80. The van der Waals surface area contributed by atoms with E-state index in [0.717, 1.165) is 24.9 Å². The topological polar surface area (TPSA) is 49.4 Å². The van der Waals surface area contributed by atoms with Crippen molar-refractivity contribution in [2.75, 3.05) is 20.1 Å². The number of ketones is 1. The number of carbonyl (C=O) groups excluding carboxylic acids is 2. The Morgan fingerprint density at radius 1 is 1.04 bits per heavy atom. The third-order valence-corrected chi connectivity index (χ3v) is 4.83. The number of aryl methyl sites for hydroxylation is 1. The Labute approximate surface area is 148 Å². The van der Waals surface area contributed by atoms with Gasteiger partial charge in [-0.05, 0) is 32.9 Å². The van der Waals surface area contributed by atoms with Crippen LogP contribution in [0.1, 0.15) is 44.7 Å². The Morgan fingerprint density at radius 2 is 1.72 bits per heavy atom. The van der Waals surface area contributed by atoms with Crippen LogP contribution in [0.2, 0.25) is 0 Å². The van der Waals surface area contributed by atoms with Gasteiger partial charge in [-0.25, -0.2) is 0 Å². The lowest BCUT2D eigenvalue weighted by molar-refractivity contribution is 0.0694. The molecule has 1 aliphatic rings. The summed E-state index contributed by atoms with van der Waals surface area (Å²) in [5, 5.41) is 3.25. The Bertz CT molecular complexity index is 768. The monoisotopic (exact) mass is 336 g/mol. The van der Waals surface area contributed by atoms with Gasteiger partial charge in [-0.1, -0.05) is 48.0 Å². The summed E-state index contributed by atoms with van der Waals surface area (Å²) >= 11 is 0. The van der Waals surface area contributed by atoms with Gasteiger partial charge in [0.2, 0.25) is 0 Å². The molecule has 1 amide bonds. The first-order chi connectivity index (χ1) is 12.1. The standard InChI is InChI=1S/C21H24N2O2/c1-15-9-11-16(12-10-15)20(24)18-7-3-4-8-19(18)21(25)23-13-5-6-17(14-23)22-2/h3-4,7-12,17,22H,5-6,13-14H2,1-2H3. The molecular weight excluding hydrogens is 312 g/mol. The zero-order valence-electron chi connectivity index (χ0n) is 14.8. The molecule has 4 heteroatoms. The van der Waals surface area contributed by atoms with Gasteiger partial charge in [0, 0.05) is 30.3 Å². The van der Waals surface area contributed by atoms with E-state index in [1.54, 1.807) is 12.1 Å². The second-order valence-corrected chi connectivity index (χ2v) is 6.62. The van der Waals surface area contributed by atoms with Crippen LogP contribution in [0.25, 0.3) is 0 Å². The molecule has 1 unspecified atom stereocenters. The van der Waals surface area contributed by atoms with E-state index in [4.69, 9.17) is 0 Å². The normalized spacial score (nSPS) is 17.4. The molecule has 2 aromatic carbocycles. The number of piperidine rings is 1. The van der Waals surface area contributed by atoms with Crippen molar-refractivity contribution in [2.24, 2.45) is 0 Å². The fraction of sp³-hybridized carbons (Fsp3) is 0.333. The minimum atomic E-state index is -0.105. The predicted octanol–water partition coefficient (Wildman–Crippen LogP) is 3.05. The zero-order valence-corrected chi connectivity index (χ0v) is 14.8. The van der Waals surface area contributed by atoms with Gasteiger partial charge in [-0.2, -0.15) is 0 Å². The van der Waals surface area contributed by atoms with E-state index < -0.39 is 0 Å². The molecule has 0 bridgehead atoms. The summed E-state index contributed by atoms with van der Waals surface area (Å²) in [7, 11) is 1.92. The van der Waals surface area contributed by atoms with Crippen LogP contribution >= 0.6 is 0 Å². The molecule has 25 heavy (non-hydrogen) atoms. The number of hydrogen-bond donors (Lipinski definition) is 1. The van der Waals surface area contributed by atoms with Crippen molar-refractivity contribution in [3.05, 3.63) is 70.8 Å². The Hall–Kier alpha value is -2.46. The summed E-state index contributed by atoms with van der Waals surface area (Å²) in [6.45, 7) is 3.41. The van der Waals surface area contributed by atoms with Crippen LogP contribution in [0.15, 0.2) is 48.5 Å². The van der Waals surface area contributed by atoms with Gasteiger partial charge in [-0.3, -0.25) is 9.59 Å². The molecule has 0 spiro atoms. The lowest BCUT2D eigenvalue weighted by atomic mass is 9.96. The van der Waals surface area contributed by atoms with Crippen molar-refractivity contribution in [3.63, 3.8) is 0 Å². The molecular formula is C21H24N2O2. The summed E-state index contributed by atoms with van der Waals surface area (Å²) < 4.78 is 0. The second-order valence-electron chi connectivity index (χ2n) is 6.62. The van der Waals surface area contributed by atoms with Crippen molar-refractivity contribution < 1.29 is 9.59 Å². The van der Waals surface area contributed by atoms with Crippen molar-refractivity contribution in [2.45, 2.75) is 25.8 Å². The van der Waals surface area contributed by atoms with Crippen LogP contribution in [0.5, 0.6) is 0 Å². The quantitative estimate of drug-likeness (QED) is 0.873. The van der Waals surface area contributed by atoms with Crippen LogP contribution in [-0.2, 0) is 0 Å². The van der Waals surface area contributed by atoms with E-state index in [0.29, 0.717) is 29.3 Å². The minimum absolute atomic E-state index is 0.0592. The van der Waals surface area contributed by atoms with E-state index in [1.807, 2.05) is 55.3 Å². The number of amides is 1. The van der Waals surface area contributed by atoms with E-state index in [9.17, 15) is 9.59 Å². The first-order valence-electron chi connectivity index (χ1n) is 8.77. The van der Waals surface area contributed by atoms with Crippen LogP contribution in [-0.4, -0.2) is 42.8 Å². The largest absolute Gasteiger partial charge is 0.337 e. The maximum absolute atomic E-state index is 13.0. The third-order valence-electron chi connectivity index (χ3n) is 4.83. The average molecular weight is 336 g/mol. The molecule has 1 saturated heterocycles. The summed E-state index contributed by atoms with van der Waals surface area (Å²) in [6.07, 6.45) is 2.05. The fourth-order valence-corrected chi connectivity index (χ4v) is 3.30. The van der Waals surface area contributed by atoms with E-state index >= 15 is 0 Å². The van der Waals surface area contributed by atoms with E-state index in [2.05, 4.69) is 5.32 Å². The highest BCUT2D eigenvalue weighted by atomic mass is 16.2. The van der Waals surface area contributed by atoms with E-state index in [1.165, 1.54) is 0 Å². The van der Waals surface area contributed by atoms with Gasteiger partial charge in [0.15, 0.2) is 5.78 Å². The van der Waals surface area contributed by atoms with Crippen molar-refractivity contribution in [3.8, 4) is 0 Å². The molecule has 1 heterocycles. The second kappa shape index (κ2) is 7.62. The summed E-state index contributed by atoms with van der Waals surface area (Å²) in [5.41, 5.74) is 2.68. The molecule has 1 aliphatic heterocycles. The van der Waals surface area contributed by atoms with Crippen molar-refractivity contribution >= 4 is 11.7 Å². The van der Waals surface area contributed by atoms with Gasteiger partial charge in [-0.15, -0.1) is 0 Å². The van der Waals surface area contributed by atoms with Gasteiger partial charge in [0.1, 0.15) is 0 Å². The summed E-state index contributed by atoms with van der Waals surface area (Å²) in [4.78, 5) is 27.8. The SMILES string of the molecule is CNC1CCCN(C(=O)c2ccccc2C(=O)c2ccc(C)cc2)C1. The number of rotatable bonds is 4. The molecule has 0 saturated carbocycles. The van der Waals surface area contributed by atoms with Crippen molar-refractivity contribution in [1.29, 1.82) is 0 Å². The van der Waals surface area contributed by atoms with Crippen molar-refractivity contribution in [1.82, 2.24) is 10.2 Å². The van der Waals surface area contributed by atoms with Gasteiger partial charge < -0.3 is 10.2 Å². The molecule has 1 N–H and O–H groups in total. The Kier molecular flexibility index (Phi) is 5.29. The first kappa shape index (κ1) is 17.4. The van der Waals surface area contributed by atoms with E-state index in [-0.39, 0.29) is 11.7 Å². The van der Waals surface area contributed by atoms with Crippen LogP contribution < -0.4 is 5.32 Å². The zero-order chi connectivity index (χ0) is 17.8. The highest BCUT2D eigenvalue weighted by Gasteiger charge is 2.26. The summed E-state index contributed by atoms with van der Waals surface area (Å²) in [6, 6.07) is 14.9. The van der Waals surface area contributed by atoms with Crippen LogP contribution in [0, 0.1) is 6.92 Å². The number of nitrogens with one attached hydrogen (secondary N) is 1. The number of nitrogens with zero attached hydrogens (tertiary/aromatic N) is 1. The smallest absolute Gasteiger partial charge is 0.254 e.